The van der Waals surface area contributed by atoms with Crippen LogP contribution in [0, 0.1) is 6.92 Å². The van der Waals surface area contributed by atoms with Gasteiger partial charge in [-0.1, -0.05) is 29.8 Å². The first-order chi connectivity index (χ1) is 10.2. The van der Waals surface area contributed by atoms with E-state index in [1.54, 1.807) is 13.4 Å². The molecule has 0 unspecified atom stereocenters. The zero-order valence-corrected chi connectivity index (χ0v) is 12.8. The number of hydrogen-bond acceptors (Lipinski definition) is 3. The van der Waals surface area contributed by atoms with Gasteiger partial charge in [-0.05, 0) is 19.4 Å². The fraction of sp³-hybridized carbons (Fsp3) is 0.400. The Morgan fingerprint density at radius 2 is 1.90 bits per heavy atom. The Balaban J connectivity index is 1.85. The third-order valence-corrected chi connectivity index (χ3v) is 3.25. The molecule has 2 rings (SSSR count). The average Bonchev–Trinajstić information content (AvgIpc) is 2.96. The van der Waals surface area contributed by atoms with Gasteiger partial charge in [0.25, 0.3) is 0 Å². The molecule has 0 saturated heterocycles. The molecular formula is C15H22N6. The SMILES string of the molecule is CCn1cnnc1CNC(=NC)NCc1ccc(C)cc1. The summed E-state index contributed by atoms with van der Waals surface area (Å²) in [5.41, 5.74) is 2.49. The van der Waals surface area contributed by atoms with Crippen molar-refractivity contribution in [2.45, 2.75) is 33.5 Å². The van der Waals surface area contributed by atoms with E-state index < -0.39 is 0 Å². The van der Waals surface area contributed by atoms with Crippen molar-refractivity contribution < 1.29 is 0 Å². The standard InChI is InChI=1S/C15H22N6/c1-4-21-11-19-20-14(21)10-18-15(16-3)17-9-13-7-5-12(2)6-8-13/h5-8,11H,4,9-10H2,1-3H3,(H2,16,17,18). The summed E-state index contributed by atoms with van der Waals surface area (Å²) in [5, 5.41) is 14.5. The molecule has 6 heteroatoms. The molecule has 2 aromatic rings. The van der Waals surface area contributed by atoms with Gasteiger partial charge in [0.2, 0.25) is 0 Å². The van der Waals surface area contributed by atoms with E-state index in [0.29, 0.717) is 6.54 Å². The Morgan fingerprint density at radius 3 is 2.57 bits per heavy atom. The molecule has 0 bridgehead atoms. The monoisotopic (exact) mass is 286 g/mol. The lowest BCUT2D eigenvalue weighted by Crippen LogP contribution is -2.37. The lowest BCUT2D eigenvalue weighted by molar-refractivity contribution is 0.670. The number of aliphatic imine (C=N–C) groups is 1. The number of guanidine groups is 1. The van der Waals surface area contributed by atoms with Gasteiger partial charge in [-0.15, -0.1) is 10.2 Å². The molecular weight excluding hydrogens is 264 g/mol. The molecule has 0 amide bonds. The highest BCUT2D eigenvalue weighted by Crippen LogP contribution is 2.02. The third kappa shape index (κ3) is 4.30. The van der Waals surface area contributed by atoms with E-state index in [1.807, 2.05) is 4.57 Å². The molecule has 0 atom stereocenters. The number of hydrogen-bond donors (Lipinski definition) is 2. The Kier molecular flexibility index (Phi) is 5.31. The van der Waals surface area contributed by atoms with Crippen molar-refractivity contribution in [1.82, 2.24) is 25.4 Å². The molecule has 0 aliphatic rings. The van der Waals surface area contributed by atoms with Crippen LogP contribution in [0.3, 0.4) is 0 Å². The predicted molar refractivity (Wildman–Crippen MR) is 83.9 cm³/mol. The molecule has 112 valence electrons. The quantitative estimate of drug-likeness (QED) is 0.645. The minimum Gasteiger partial charge on any atom is -0.352 e. The van der Waals surface area contributed by atoms with Gasteiger partial charge in [-0.3, -0.25) is 4.99 Å². The van der Waals surface area contributed by atoms with E-state index in [4.69, 9.17) is 0 Å². The summed E-state index contributed by atoms with van der Waals surface area (Å²) in [7, 11) is 1.76. The number of nitrogens with one attached hydrogen (secondary N) is 2. The van der Waals surface area contributed by atoms with E-state index in [-0.39, 0.29) is 0 Å². The van der Waals surface area contributed by atoms with Gasteiger partial charge in [-0.25, -0.2) is 0 Å². The van der Waals surface area contributed by atoms with Crippen molar-refractivity contribution in [2.24, 2.45) is 4.99 Å². The third-order valence-electron chi connectivity index (χ3n) is 3.25. The second-order valence-corrected chi connectivity index (χ2v) is 4.80. The van der Waals surface area contributed by atoms with Gasteiger partial charge in [0.05, 0.1) is 6.54 Å². The minimum atomic E-state index is 0.599. The van der Waals surface area contributed by atoms with Crippen LogP contribution in [0.2, 0.25) is 0 Å². The molecule has 1 aromatic carbocycles. The van der Waals surface area contributed by atoms with Crippen LogP contribution in [0.5, 0.6) is 0 Å². The van der Waals surface area contributed by atoms with E-state index in [0.717, 1.165) is 24.9 Å². The van der Waals surface area contributed by atoms with Crippen molar-refractivity contribution in [3.05, 3.63) is 47.5 Å². The number of rotatable bonds is 5. The van der Waals surface area contributed by atoms with Gasteiger partial charge in [0, 0.05) is 20.1 Å². The number of aryl methyl sites for hydroxylation is 2. The van der Waals surface area contributed by atoms with Crippen LogP contribution in [0.4, 0.5) is 0 Å². The minimum absolute atomic E-state index is 0.599. The van der Waals surface area contributed by atoms with Crippen molar-refractivity contribution in [1.29, 1.82) is 0 Å². The highest BCUT2D eigenvalue weighted by atomic mass is 15.3. The maximum atomic E-state index is 4.21. The number of aromatic nitrogens is 3. The Hall–Kier alpha value is -2.37. The highest BCUT2D eigenvalue weighted by Gasteiger charge is 2.04. The van der Waals surface area contributed by atoms with Crippen molar-refractivity contribution in [3.63, 3.8) is 0 Å². The molecule has 21 heavy (non-hydrogen) atoms. The molecule has 0 aliphatic heterocycles. The highest BCUT2D eigenvalue weighted by molar-refractivity contribution is 5.79. The van der Waals surface area contributed by atoms with Crippen LogP contribution in [-0.4, -0.2) is 27.8 Å². The zero-order valence-electron chi connectivity index (χ0n) is 12.8. The molecule has 0 aliphatic carbocycles. The number of benzene rings is 1. The van der Waals surface area contributed by atoms with E-state index in [1.165, 1.54) is 11.1 Å². The summed E-state index contributed by atoms with van der Waals surface area (Å²) in [6.45, 7) is 6.35. The van der Waals surface area contributed by atoms with Gasteiger partial charge in [0.15, 0.2) is 11.8 Å². The molecule has 0 saturated carbocycles. The molecule has 0 spiro atoms. The van der Waals surface area contributed by atoms with Crippen molar-refractivity contribution >= 4 is 5.96 Å². The smallest absolute Gasteiger partial charge is 0.191 e. The van der Waals surface area contributed by atoms with Crippen LogP contribution in [0.25, 0.3) is 0 Å². The fourth-order valence-corrected chi connectivity index (χ4v) is 1.96. The van der Waals surface area contributed by atoms with E-state index >= 15 is 0 Å². The zero-order chi connectivity index (χ0) is 15.1. The number of nitrogens with zero attached hydrogens (tertiary/aromatic N) is 4. The Bertz CT molecular complexity index is 584. The van der Waals surface area contributed by atoms with Gasteiger partial charge in [-0.2, -0.15) is 0 Å². The maximum absolute atomic E-state index is 4.21. The van der Waals surface area contributed by atoms with Crippen LogP contribution in [0.15, 0.2) is 35.6 Å². The molecule has 0 fully saturated rings. The fourth-order valence-electron chi connectivity index (χ4n) is 1.96. The molecule has 2 N–H and O–H groups in total. The second kappa shape index (κ2) is 7.42. The first kappa shape index (κ1) is 15.0. The lowest BCUT2D eigenvalue weighted by atomic mass is 10.1. The molecule has 6 nitrogen and oxygen atoms in total. The summed E-state index contributed by atoms with van der Waals surface area (Å²) >= 11 is 0. The van der Waals surface area contributed by atoms with Crippen LogP contribution in [0.1, 0.15) is 23.9 Å². The Morgan fingerprint density at radius 1 is 1.19 bits per heavy atom. The first-order valence-corrected chi connectivity index (χ1v) is 7.09. The Labute approximate surface area is 125 Å². The van der Waals surface area contributed by atoms with Crippen LogP contribution < -0.4 is 10.6 Å². The van der Waals surface area contributed by atoms with Crippen molar-refractivity contribution in [3.8, 4) is 0 Å². The van der Waals surface area contributed by atoms with Gasteiger partial charge < -0.3 is 15.2 Å². The summed E-state index contributed by atoms with van der Waals surface area (Å²) in [6.07, 6.45) is 1.74. The van der Waals surface area contributed by atoms with Crippen LogP contribution >= 0.6 is 0 Å². The molecule has 0 radical (unpaired) electrons. The first-order valence-electron chi connectivity index (χ1n) is 7.09. The average molecular weight is 286 g/mol. The molecule has 1 aromatic heterocycles. The summed E-state index contributed by atoms with van der Waals surface area (Å²) in [4.78, 5) is 4.21. The van der Waals surface area contributed by atoms with Crippen LogP contribution in [-0.2, 0) is 19.6 Å². The topological polar surface area (TPSA) is 67.1 Å². The normalized spacial score (nSPS) is 11.5. The predicted octanol–water partition coefficient (Wildman–Crippen LogP) is 1.47. The molecule has 1 heterocycles. The summed E-state index contributed by atoms with van der Waals surface area (Å²) in [5.74, 6) is 1.65. The largest absolute Gasteiger partial charge is 0.352 e. The maximum Gasteiger partial charge on any atom is 0.191 e. The summed E-state index contributed by atoms with van der Waals surface area (Å²) < 4.78 is 2.00. The lowest BCUT2D eigenvalue weighted by Gasteiger charge is -2.12. The van der Waals surface area contributed by atoms with Crippen molar-refractivity contribution in [2.75, 3.05) is 7.05 Å². The van der Waals surface area contributed by atoms with E-state index in [9.17, 15) is 0 Å². The van der Waals surface area contributed by atoms with E-state index in [2.05, 4.69) is 63.9 Å². The summed E-state index contributed by atoms with van der Waals surface area (Å²) in [6, 6.07) is 8.44. The van der Waals surface area contributed by atoms with Gasteiger partial charge >= 0.3 is 0 Å². The van der Waals surface area contributed by atoms with Gasteiger partial charge in [0.1, 0.15) is 6.33 Å². The second-order valence-electron chi connectivity index (χ2n) is 4.80.